The third kappa shape index (κ3) is 5.02. The lowest BCUT2D eigenvalue weighted by atomic mass is 10.1. The van der Waals surface area contributed by atoms with Gasteiger partial charge in [-0.1, -0.05) is 44.2 Å². The first-order chi connectivity index (χ1) is 9.15. The van der Waals surface area contributed by atoms with E-state index in [-0.39, 0.29) is 18.5 Å². The molecule has 1 amide bonds. The number of likely N-dealkylation sites (tertiary alicyclic amines) is 1. The summed E-state index contributed by atoms with van der Waals surface area (Å²) in [6.07, 6.45) is -0.216. The second-order valence-electron chi connectivity index (χ2n) is 5.44. The molecule has 1 aromatic carbocycles. The summed E-state index contributed by atoms with van der Waals surface area (Å²) in [5, 5.41) is 3.43. The van der Waals surface area contributed by atoms with E-state index in [2.05, 4.69) is 19.2 Å². The molecule has 1 N–H and O–H groups in total. The molecule has 112 valence electrons. The first-order valence-electron chi connectivity index (χ1n) is 6.84. The Morgan fingerprint density at radius 3 is 2.60 bits per heavy atom. The Bertz CT molecular complexity index is 406. The zero-order valence-corrected chi connectivity index (χ0v) is 12.9. The second-order valence-corrected chi connectivity index (χ2v) is 5.44. The summed E-state index contributed by atoms with van der Waals surface area (Å²) in [6, 6.07) is 10.2. The van der Waals surface area contributed by atoms with Crippen LogP contribution in [0.5, 0.6) is 0 Å². The van der Waals surface area contributed by atoms with E-state index in [1.165, 1.54) is 0 Å². The van der Waals surface area contributed by atoms with Gasteiger partial charge in [0.1, 0.15) is 6.61 Å². The zero-order chi connectivity index (χ0) is 13.7. The molecule has 1 aromatic rings. The quantitative estimate of drug-likeness (QED) is 0.909. The number of ether oxygens (including phenoxy) is 1. The number of nitrogens with zero attached hydrogens (tertiary/aromatic N) is 1. The van der Waals surface area contributed by atoms with Gasteiger partial charge in [0, 0.05) is 19.1 Å². The highest BCUT2D eigenvalue weighted by Gasteiger charge is 2.31. The number of hydrogen-bond donors (Lipinski definition) is 1. The van der Waals surface area contributed by atoms with Gasteiger partial charge in [0.05, 0.1) is 0 Å². The van der Waals surface area contributed by atoms with Crippen molar-refractivity contribution in [3.63, 3.8) is 0 Å². The van der Waals surface area contributed by atoms with E-state index < -0.39 is 0 Å². The lowest BCUT2D eigenvalue weighted by molar-refractivity contribution is 0.0598. The monoisotopic (exact) mass is 298 g/mol. The van der Waals surface area contributed by atoms with Crippen LogP contribution >= 0.6 is 12.4 Å². The van der Waals surface area contributed by atoms with Gasteiger partial charge in [0.25, 0.3) is 0 Å². The maximum Gasteiger partial charge on any atom is 0.410 e. The molecule has 0 atom stereocenters. The molecule has 0 aromatic heterocycles. The van der Waals surface area contributed by atoms with Crippen LogP contribution in [0.4, 0.5) is 4.79 Å². The van der Waals surface area contributed by atoms with E-state index in [9.17, 15) is 4.79 Å². The van der Waals surface area contributed by atoms with Gasteiger partial charge in [-0.05, 0) is 18.0 Å². The molecule has 0 bridgehead atoms. The summed E-state index contributed by atoms with van der Waals surface area (Å²) in [4.78, 5) is 13.5. The van der Waals surface area contributed by atoms with E-state index in [4.69, 9.17) is 4.74 Å². The molecule has 20 heavy (non-hydrogen) atoms. The topological polar surface area (TPSA) is 41.6 Å². The molecule has 0 spiro atoms. The maximum atomic E-state index is 11.8. The first kappa shape index (κ1) is 16.8. The molecule has 1 fully saturated rings. The number of nitrogens with one attached hydrogen (secondary N) is 1. The average molecular weight is 299 g/mol. The Morgan fingerprint density at radius 2 is 2.00 bits per heavy atom. The number of rotatable bonds is 5. The Morgan fingerprint density at radius 1 is 1.35 bits per heavy atom. The molecule has 0 aliphatic carbocycles. The molecule has 1 heterocycles. The normalized spacial score (nSPS) is 14.7. The van der Waals surface area contributed by atoms with E-state index in [1.807, 2.05) is 30.3 Å². The van der Waals surface area contributed by atoms with Gasteiger partial charge in [-0.3, -0.25) is 0 Å². The van der Waals surface area contributed by atoms with Gasteiger partial charge in [0.2, 0.25) is 0 Å². The molecule has 2 rings (SSSR count). The summed E-state index contributed by atoms with van der Waals surface area (Å²) in [6.45, 7) is 7.20. The first-order valence-corrected chi connectivity index (χ1v) is 6.84. The van der Waals surface area contributed by atoms with Gasteiger partial charge in [-0.25, -0.2) is 4.79 Å². The fraction of sp³-hybridized carbons (Fsp3) is 0.533. The number of carbonyl (C=O) groups excluding carboxylic acids is 1. The van der Waals surface area contributed by atoms with E-state index in [0.717, 1.165) is 25.2 Å². The highest BCUT2D eigenvalue weighted by Crippen LogP contribution is 2.11. The molecule has 1 aliphatic rings. The minimum absolute atomic E-state index is 0. The molecule has 4 nitrogen and oxygen atoms in total. The van der Waals surface area contributed by atoms with Crippen molar-refractivity contribution in [3.05, 3.63) is 35.9 Å². The standard InChI is InChI=1S/C15H22N2O2.ClH/c1-12(2)8-16-14-9-17(10-14)15(18)19-11-13-6-4-3-5-7-13;/h3-7,12,14,16H,8-11H2,1-2H3;1H. The molecular formula is C15H23ClN2O2. The van der Waals surface area contributed by atoms with Crippen molar-refractivity contribution in [1.82, 2.24) is 10.2 Å². The van der Waals surface area contributed by atoms with Crippen LogP contribution in [0.3, 0.4) is 0 Å². The Labute approximate surface area is 126 Å². The van der Waals surface area contributed by atoms with Gasteiger partial charge >= 0.3 is 6.09 Å². The van der Waals surface area contributed by atoms with Crippen LogP contribution in [0.2, 0.25) is 0 Å². The molecule has 1 aliphatic heterocycles. The Hall–Kier alpha value is -1.26. The molecular weight excluding hydrogens is 276 g/mol. The third-order valence-corrected chi connectivity index (χ3v) is 3.16. The number of carbonyl (C=O) groups is 1. The van der Waals surface area contributed by atoms with Crippen molar-refractivity contribution in [2.24, 2.45) is 5.92 Å². The lowest BCUT2D eigenvalue weighted by Crippen LogP contribution is -2.60. The van der Waals surface area contributed by atoms with Crippen LogP contribution < -0.4 is 5.32 Å². The third-order valence-electron chi connectivity index (χ3n) is 3.16. The molecule has 0 unspecified atom stereocenters. The predicted molar refractivity (Wildman–Crippen MR) is 82.1 cm³/mol. The summed E-state index contributed by atoms with van der Waals surface area (Å²) in [5.41, 5.74) is 1.02. The second kappa shape index (κ2) is 8.12. The highest BCUT2D eigenvalue weighted by atomic mass is 35.5. The van der Waals surface area contributed by atoms with Gasteiger partial charge < -0.3 is 15.0 Å². The minimum atomic E-state index is -0.216. The summed E-state index contributed by atoms with van der Waals surface area (Å²) >= 11 is 0. The Balaban J connectivity index is 0.00000200. The smallest absolute Gasteiger partial charge is 0.410 e. The largest absolute Gasteiger partial charge is 0.445 e. The summed E-state index contributed by atoms with van der Waals surface area (Å²) < 4.78 is 5.27. The fourth-order valence-corrected chi connectivity index (χ4v) is 1.97. The van der Waals surface area contributed by atoms with Crippen LogP contribution in [0.15, 0.2) is 30.3 Å². The summed E-state index contributed by atoms with van der Waals surface area (Å²) in [5.74, 6) is 0.638. The average Bonchev–Trinajstić information content (AvgIpc) is 2.35. The van der Waals surface area contributed by atoms with Crippen LogP contribution in [-0.4, -0.2) is 36.7 Å². The molecule has 5 heteroatoms. The van der Waals surface area contributed by atoms with Crippen molar-refractivity contribution < 1.29 is 9.53 Å². The predicted octanol–water partition coefficient (Wildman–Crippen LogP) is 2.67. The van der Waals surface area contributed by atoms with Crippen molar-refractivity contribution in [2.75, 3.05) is 19.6 Å². The van der Waals surface area contributed by atoms with E-state index in [0.29, 0.717) is 18.6 Å². The number of amides is 1. The van der Waals surface area contributed by atoms with Crippen LogP contribution in [0, 0.1) is 5.92 Å². The van der Waals surface area contributed by atoms with Crippen molar-refractivity contribution in [2.45, 2.75) is 26.5 Å². The molecule has 1 saturated heterocycles. The van der Waals surface area contributed by atoms with Crippen LogP contribution in [0.1, 0.15) is 19.4 Å². The SMILES string of the molecule is CC(C)CNC1CN(C(=O)OCc2ccccc2)C1.Cl. The zero-order valence-electron chi connectivity index (χ0n) is 12.0. The van der Waals surface area contributed by atoms with Gasteiger partial charge in [0.15, 0.2) is 0 Å². The lowest BCUT2D eigenvalue weighted by Gasteiger charge is -2.39. The summed E-state index contributed by atoms with van der Waals surface area (Å²) in [7, 11) is 0. The van der Waals surface area contributed by atoms with Gasteiger partial charge in [-0.2, -0.15) is 0 Å². The van der Waals surface area contributed by atoms with E-state index >= 15 is 0 Å². The van der Waals surface area contributed by atoms with Crippen molar-refractivity contribution in [1.29, 1.82) is 0 Å². The number of halogens is 1. The molecule has 0 radical (unpaired) electrons. The number of benzene rings is 1. The maximum absolute atomic E-state index is 11.8. The highest BCUT2D eigenvalue weighted by molar-refractivity contribution is 5.85. The number of hydrogen-bond acceptors (Lipinski definition) is 3. The van der Waals surface area contributed by atoms with E-state index in [1.54, 1.807) is 4.90 Å². The van der Waals surface area contributed by atoms with Crippen molar-refractivity contribution >= 4 is 18.5 Å². The Kier molecular flexibility index (Phi) is 6.82. The fourth-order valence-electron chi connectivity index (χ4n) is 1.97. The van der Waals surface area contributed by atoms with Crippen molar-refractivity contribution in [3.8, 4) is 0 Å². The molecule has 0 saturated carbocycles. The van der Waals surface area contributed by atoms with Gasteiger partial charge in [-0.15, -0.1) is 12.4 Å². The minimum Gasteiger partial charge on any atom is -0.445 e. The van der Waals surface area contributed by atoms with Crippen LogP contribution in [0.25, 0.3) is 0 Å². The van der Waals surface area contributed by atoms with Crippen LogP contribution in [-0.2, 0) is 11.3 Å².